The van der Waals surface area contributed by atoms with Gasteiger partial charge >= 0.3 is 6.09 Å². The third-order valence-corrected chi connectivity index (χ3v) is 6.35. The number of carbonyl (C=O) groups is 3. The van der Waals surface area contributed by atoms with Gasteiger partial charge in [-0.2, -0.15) is 5.26 Å². The van der Waals surface area contributed by atoms with Gasteiger partial charge in [-0.25, -0.2) is 4.79 Å². The summed E-state index contributed by atoms with van der Waals surface area (Å²) in [4.78, 5) is 40.9. The number of hydrogen-bond acceptors (Lipinski definition) is 6. The van der Waals surface area contributed by atoms with E-state index in [4.69, 9.17) is 10.5 Å². The first-order valence-corrected chi connectivity index (χ1v) is 12.9. The zero-order chi connectivity index (χ0) is 27.7. The largest absolute Gasteiger partial charge is 0.444 e. The van der Waals surface area contributed by atoms with Gasteiger partial charge in [-0.05, 0) is 56.7 Å². The molecule has 38 heavy (non-hydrogen) atoms. The number of rotatable bonds is 9. The van der Waals surface area contributed by atoms with Crippen LogP contribution in [0.3, 0.4) is 0 Å². The van der Waals surface area contributed by atoms with Crippen LogP contribution in [-0.2, 0) is 33.8 Å². The molecule has 202 valence electrons. The highest BCUT2D eigenvalue weighted by Gasteiger charge is 2.42. The van der Waals surface area contributed by atoms with Crippen LogP contribution in [0.1, 0.15) is 50.3 Å². The van der Waals surface area contributed by atoms with Crippen LogP contribution in [0.5, 0.6) is 0 Å². The first-order valence-electron chi connectivity index (χ1n) is 12.9. The maximum atomic E-state index is 13.7. The Bertz CT molecular complexity index is 1140. The average molecular weight is 520 g/mol. The Morgan fingerprint density at radius 2 is 1.74 bits per heavy atom. The molecule has 0 unspecified atom stereocenters. The number of alkyl carbamates (subject to hydrolysis) is 1. The monoisotopic (exact) mass is 519 g/mol. The highest BCUT2D eigenvalue weighted by molar-refractivity contribution is 5.92. The Morgan fingerprint density at radius 3 is 2.34 bits per heavy atom. The summed E-state index contributed by atoms with van der Waals surface area (Å²) in [5.74, 6) is -1.22. The first-order chi connectivity index (χ1) is 18.1. The minimum atomic E-state index is -0.915. The molecule has 1 aliphatic rings. The van der Waals surface area contributed by atoms with Gasteiger partial charge in [0.15, 0.2) is 0 Å². The van der Waals surface area contributed by atoms with Crippen molar-refractivity contribution in [2.24, 2.45) is 11.7 Å². The number of ether oxygens (including phenoxy) is 1. The molecule has 1 saturated heterocycles. The van der Waals surface area contributed by atoms with Gasteiger partial charge in [-0.1, -0.05) is 54.6 Å². The Morgan fingerprint density at radius 1 is 1.08 bits per heavy atom. The second kappa shape index (κ2) is 13.1. The molecule has 0 spiro atoms. The zero-order valence-electron chi connectivity index (χ0n) is 22.3. The normalized spacial score (nSPS) is 17.8. The van der Waals surface area contributed by atoms with E-state index in [2.05, 4.69) is 16.7 Å². The average Bonchev–Trinajstić information content (AvgIpc) is 3.34. The molecular weight excluding hydrogens is 482 g/mol. The van der Waals surface area contributed by atoms with Crippen LogP contribution in [0.15, 0.2) is 54.6 Å². The van der Waals surface area contributed by atoms with Crippen LogP contribution in [0.4, 0.5) is 4.79 Å². The predicted octanol–water partition coefficient (Wildman–Crippen LogP) is 3.03. The molecule has 3 amide bonds. The second-order valence-electron chi connectivity index (χ2n) is 10.5. The Kier molecular flexibility index (Phi) is 9.85. The quantitative estimate of drug-likeness (QED) is 0.466. The standard InChI is InChI=1S/C29H37N5O4/c1-29(2,3)38-28(37)33-24(14-13-20-7-5-4-6-8-20)27(36)34-19-23(17-31)15-25(34)26(35)32-18-22-11-9-21(16-30)10-12-22/h4-12,23-25H,13-16,18-19,30H2,1-3H3,(H,32,35)(H,33,37)/t23-,24+,25-/m0/s1. The Hall–Kier alpha value is -3.90. The van der Waals surface area contributed by atoms with Crippen LogP contribution >= 0.6 is 0 Å². The van der Waals surface area contributed by atoms with E-state index in [1.807, 2.05) is 54.6 Å². The van der Waals surface area contributed by atoms with Gasteiger partial charge in [0.1, 0.15) is 17.7 Å². The van der Waals surface area contributed by atoms with E-state index < -0.39 is 35.6 Å². The molecule has 0 saturated carbocycles. The van der Waals surface area contributed by atoms with Crippen molar-refractivity contribution in [3.63, 3.8) is 0 Å². The summed E-state index contributed by atoms with van der Waals surface area (Å²) in [5.41, 5.74) is 7.82. The third kappa shape index (κ3) is 8.32. The molecule has 0 aliphatic carbocycles. The lowest BCUT2D eigenvalue weighted by Gasteiger charge is -2.29. The Labute approximate surface area is 224 Å². The highest BCUT2D eigenvalue weighted by Crippen LogP contribution is 2.25. The zero-order valence-corrected chi connectivity index (χ0v) is 22.3. The number of nitrogens with two attached hydrogens (primary N) is 1. The SMILES string of the molecule is CC(C)(C)OC(=O)N[C@H](CCc1ccccc1)C(=O)N1C[C@H](C#N)C[C@H]1C(=O)NCc1ccc(CN)cc1. The fourth-order valence-electron chi connectivity index (χ4n) is 4.38. The van der Waals surface area contributed by atoms with Crippen molar-refractivity contribution in [3.8, 4) is 6.07 Å². The van der Waals surface area contributed by atoms with Crippen LogP contribution in [-0.4, -0.2) is 47.0 Å². The molecule has 3 rings (SSSR count). The number of likely N-dealkylation sites (tertiary alicyclic amines) is 1. The smallest absolute Gasteiger partial charge is 0.408 e. The summed E-state index contributed by atoms with van der Waals surface area (Å²) in [6.45, 7) is 6.08. The molecule has 3 atom stereocenters. The molecular formula is C29H37N5O4. The van der Waals surface area contributed by atoms with Crippen LogP contribution in [0, 0.1) is 17.2 Å². The molecule has 4 N–H and O–H groups in total. The van der Waals surface area contributed by atoms with Crippen LogP contribution in [0.25, 0.3) is 0 Å². The molecule has 1 heterocycles. The van der Waals surface area contributed by atoms with E-state index in [1.54, 1.807) is 20.8 Å². The summed E-state index contributed by atoms with van der Waals surface area (Å²) in [5, 5.41) is 15.2. The summed E-state index contributed by atoms with van der Waals surface area (Å²) in [7, 11) is 0. The van der Waals surface area contributed by atoms with E-state index in [-0.39, 0.29) is 25.4 Å². The highest BCUT2D eigenvalue weighted by atomic mass is 16.6. The molecule has 9 nitrogen and oxygen atoms in total. The van der Waals surface area contributed by atoms with Crippen molar-refractivity contribution in [1.29, 1.82) is 5.26 Å². The number of amides is 3. The maximum absolute atomic E-state index is 13.7. The number of nitrogens with zero attached hydrogens (tertiary/aromatic N) is 2. The summed E-state index contributed by atoms with van der Waals surface area (Å²) in [6, 6.07) is 17.7. The van der Waals surface area contributed by atoms with Crippen LogP contribution in [0.2, 0.25) is 0 Å². The van der Waals surface area contributed by atoms with Gasteiger partial charge in [0.25, 0.3) is 0 Å². The van der Waals surface area contributed by atoms with Crippen molar-refractivity contribution >= 4 is 17.9 Å². The number of aryl methyl sites for hydroxylation is 1. The van der Waals surface area contributed by atoms with Crippen molar-refractivity contribution in [3.05, 3.63) is 71.3 Å². The van der Waals surface area contributed by atoms with Gasteiger partial charge in [0, 0.05) is 19.6 Å². The molecule has 0 aromatic heterocycles. The van der Waals surface area contributed by atoms with Gasteiger partial charge in [0.05, 0.1) is 12.0 Å². The van der Waals surface area contributed by atoms with Crippen LogP contribution < -0.4 is 16.4 Å². The molecule has 1 fully saturated rings. The predicted molar refractivity (Wildman–Crippen MR) is 143 cm³/mol. The fourth-order valence-corrected chi connectivity index (χ4v) is 4.38. The number of nitriles is 1. The summed E-state index contributed by atoms with van der Waals surface area (Å²) in [6.07, 6.45) is 0.385. The number of hydrogen-bond donors (Lipinski definition) is 3. The minimum absolute atomic E-state index is 0.121. The number of nitrogens with one attached hydrogen (secondary N) is 2. The number of carbonyl (C=O) groups excluding carboxylic acids is 3. The van der Waals surface area contributed by atoms with E-state index in [0.717, 1.165) is 16.7 Å². The van der Waals surface area contributed by atoms with Gasteiger partial charge in [-0.15, -0.1) is 0 Å². The van der Waals surface area contributed by atoms with Crippen molar-refractivity contribution in [2.45, 2.75) is 70.8 Å². The molecule has 9 heteroatoms. The third-order valence-electron chi connectivity index (χ3n) is 6.35. The summed E-state index contributed by atoms with van der Waals surface area (Å²) >= 11 is 0. The van der Waals surface area contributed by atoms with Gasteiger partial charge in [0.2, 0.25) is 11.8 Å². The van der Waals surface area contributed by atoms with Crippen molar-refractivity contribution < 1.29 is 19.1 Å². The van der Waals surface area contributed by atoms with Crippen molar-refractivity contribution in [1.82, 2.24) is 15.5 Å². The lowest BCUT2D eigenvalue weighted by atomic mass is 10.0. The topological polar surface area (TPSA) is 138 Å². The minimum Gasteiger partial charge on any atom is -0.444 e. The van der Waals surface area contributed by atoms with Crippen molar-refractivity contribution in [2.75, 3.05) is 6.54 Å². The molecule has 0 radical (unpaired) electrons. The van der Waals surface area contributed by atoms with E-state index in [9.17, 15) is 19.6 Å². The maximum Gasteiger partial charge on any atom is 0.408 e. The first kappa shape index (κ1) is 28.7. The molecule has 1 aliphatic heterocycles. The Balaban J connectivity index is 1.74. The lowest BCUT2D eigenvalue weighted by Crippen LogP contribution is -2.54. The number of benzene rings is 2. The van der Waals surface area contributed by atoms with E-state index in [0.29, 0.717) is 19.4 Å². The van der Waals surface area contributed by atoms with Gasteiger partial charge < -0.3 is 26.0 Å². The summed E-state index contributed by atoms with van der Waals surface area (Å²) < 4.78 is 5.39. The molecule has 2 aromatic carbocycles. The van der Waals surface area contributed by atoms with Gasteiger partial charge in [-0.3, -0.25) is 9.59 Å². The second-order valence-corrected chi connectivity index (χ2v) is 10.5. The molecule has 0 bridgehead atoms. The lowest BCUT2D eigenvalue weighted by molar-refractivity contribution is -0.140. The fraction of sp³-hybridized carbons (Fsp3) is 0.448. The van der Waals surface area contributed by atoms with E-state index in [1.165, 1.54) is 4.90 Å². The van der Waals surface area contributed by atoms with E-state index >= 15 is 0 Å². The molecule has 2 aromatic rings.